The maximum absolute atomic E-state index is 11.8. The Labute approximate surface area is 148 Å². The summed E-state index contributed by atoms with van der Waals surface area (Å²) in [6.07, 6.45) is 0. The van der Waals surface area contributed by atoms with Gasteiger partial charge in [0.25, 0.3) is 5.91 Å². The van der Waals surface area contributed by atoms with E-state index in [2.05, 4.69) is 10.5 Å². The maximum Gasteiger partial charge on any atom is 0.348 e. The number of aromatic hydroxyl groups is 1. The molecule has 0 saturated carbocycles. The van der Waals surface area contributed by atoms with Crippen LogP contribution in [0.4, 0.5) is 0 Å². The van der Waals surface area contributed by atoms with E-state index < -0.39 is 11.5 Å². The largest absolute Gasteiger partial charge is 0.507 e. The fourth-order valence-electron chi connectivity index (χ4n) is 2.08. The number of ether oxygens (including phenoxy) is 1. The van der Waals surface area contributed by atoms with Crippen molar-refractivity contribution >= 4 is 23.2 Å². The molecular formula is C17H17ClN2O5. The predicted molar refractivity (Wildman–Crippen MR) is 93.4 cm³/mol. The lowest BCUT2D eigenvalue weighted by atomic mass is 10.2. The number of hydrogen-bond donors (Lipinski definition) is 2. The van der Waals surface area contributed by atoms with Crippen LogP contribution in [-0.2, 0) is 4.79 Å². The molecule has 2 N–H and O–H groups in total. The van der Waals surface area contributed by atoms with Crippen LogP contribution < -0.4 is 15.8 Å². The summed E-state index contributed by atoms with van der Waals surface area (Å²) in [5, 5.41) is 14.2. The molecule has 0 bridgehead atoms. The van der Waals surface area contributed by atoms with E-state index in [0.717, 1.165) is 5.56 Å². The Morgan fingerprint density at radius 3 is 2.72 bits per heavy atom. The van der Waals surface area contributed by atoms with E-state index in [1.54, 1.807) is 25.1 Å². The zero-order chi connectivity index (χ0) is 18.6. The number of nitrogens with one attached hydrogen (secondary N) is 1. The first-order valence-corrected chi connectivity index (χ1v) is 7.72. The minimum absolute atomic E-state index is 0.111. The van der Waals surface area contributed by atoms with Crippen molar-refractivity contribution in [2.24, 2.45) is 5.10 Å². The van der Waals surface area contributed by atoms with Crippen molar-refractivity contribution < 1.29 is 19.1 Å². The van der Waals surface area contributed by atoms with Crippen LogP contribution in [0.1, 0.15) is 23.8 Å². The van der Waals surface area contributed by atoms with E-state index in [0.29, 0.717) is 10.8 Å². The van der Waals surface area contributed by atoms with Crippen molar-refractivity contribution in [3.8, 4) is 11.5 Å². The van der Waals surface area contributed by atoms with Crippen molar-refractivity contribution in [1.29, 1.82) is 0 Å². The fourth-order valence-corrected chi connectivity index (χ4v) is 2.31. The van der Waals surface area contributed by atoms with Gasteiger partial charge in [-0.3, -0.25) is 4.79 Å². The van der Waals surface area contributed by atoms with Crippen molar-refractivity contribution in [3.05, 3.63) is 56.6 Å². The minimum atomic E-state index is -0.735. The highest BCUT2D eigenvalue weighted by molar-refractivity contribution is 6.30. The summed E-state index contributed by atoms with van der Waals surface area (Å²) in [6.45, 7) is 4.54. The summed E-state index contributed by atoms with van der Waals surface area (Å²) in [7, 11) is 0. The van der Waals surface area contributed by atoms with Gasteiger partial charge in [-0.05, 0) is 44.5 Å². The summed E-state index contributed by atoms with van der Waals surface area (Å²) < 4.78 is 10.3. The summed E-state index contributed by atoms with van der Waals surface area (Å²) in [5.74, 6) is 0.00821. The van der Waals surface area contributed by atoms with Crippen LogP contribution in [0.3, 0.4) is 0 Å². The zero-order valence-electron chi connectivity index (χ0n) is 13.9. The van der Waals surface area contributed by atoms with E-state index in [9.17, 15) is 14.7 Å². The third-order valence-corrected chi connectivity index (χ3v) is 3.49. The normalized spacial score (nSPS) is 11.3. The van der Waals surface area contributed by atoms with Crippen LogP contribution in [0.2, 0.25) is 5.02 Å². The van der Waals surface area contributed by atoms with Crippen LogP contribution >= 0.6 is 11.6 Å². The van der Waals surface area contributed by atoms with Gasteiger partial charge in [0, 0.05) is 11.1 Å². The fraction of sp³-hybridized carbons (Fsp3) is 0.235. The molecule has 132 valence electrons. The number of benzene rings is 1. The Morgan fingerprint density at radius 1 is 1.36 bits per heavy atom. The maximum atomic E-state index is 11.8. The molecule has 0 aliphatic rings. The van der Waals surface area contributed by atoms with Crippen molar-refractivity contribution in [2.45, 2.75) is 20.8 Å². The van der Waals surface area contributed by atoms with E-state index in [-0.39, 0.29) is 29.4 Å². The third kappa shape index (κ3) is 4.84. The summed E-state index contributed by atoms with van der Waals surface area (Å²) >= 11 is 5.85. The van der Waals surface area contributed by atoms with Crippen LogP contribution in [0, 0.1) is 13.8 Å². The molecule has 0 spiro atoms. The monoisotopic (exact) mass is 364 g/mol. The van der Waals surface area contributed by atoms with Gasteiger partial charge < -0.3 is 14.3 Å². The minimum Gasteiger partial charge on any atom is -0.507 e. The van der Waals surface area contributed by atoms with Gasteiger partial charge in [-0.2, -0.15) is 5.10 Å². The second-order valence-corrected chi connectivity index (χ2v) is 5.77. The lowest BCUT2D eigenvalue weighted by Crippen LogP contribution is -2.26. The molecule has 0 radical (unpaired) electrons. The average molecular weight is 365 g/mol. The van der Waals surface area contributed by atoms with Crippen molar-refractivity contribution in [3.63, 3.8) is 0 Å². The average Bonchev–Trinajstić information content (AvgIpc) is 2.51. The molecule has 1 aromatic carbocycles. The van der Waals surface area contributed by atoms with E-state index in [4.69, 9.17) is 20.8 Å². The molecule has 0 aliphatic heterocycles. The van der Waals surface area contributed by atoms with Gasteiger partial charge in [0.2, 0.25) is 0 Å². The smallest absolute Gasteiger partial charge is 0.348 e. The number of aryl methyl sites for hydroxylation is 2. The molecule has 1 aromatic heterocycles. The summed E-state index contributed by atoms with van der Waals surface area (Å²) in [5.41, 5.74) is 2.32. The molecular weight excluding hydrogens is 348 g/mol. The molecule has 2 aromatic rings. The standard InChI is InChI=1S/C17H17ClN2O5/c1-9-6-12(18)4-5-14(9)24-8-15(22)20-19-11(3)16-13(21)7-10(2)25-17(16)23/h4-7,21H,8H2,1-3H3,(H,20,22). The van der Waals surface area contributed by atoms with Crippen molar-refractivity contribution in [2.75, 3.05) is 6.61 Å². The Bertz CT molecular complexity index is 889. The van der Waals surface area contributed by atoms with Crippen LogP contribution in [0.15, 0.2) is 38.6 Å². The number of nitrogens with zero attached hydrogens (tertiary/aromatic N) is 1. The van der Waals surface area contributed by atoms with Gasteiger partial charge in [0.15, 0.2) is 6.61 Å². The Morgan fingerprint density at radius 2 is 2.08 bits per heavy atom. The summed E-state index contributed by atoms with van der Waals surface area (Å²) in [4.78, 5) is 23.6. The number of carbonyl (C=O) groups excluding carboxylic acids is 1. The zero-order valence-corrected chi connectivity index (χ0v) is 14.7. The Hall–Kier alpha value is -2.80. The van der Waals surface area contributed by atoms with Crippen LogP contribution in [-0.4, -0.2) is 23.3 Å². The SMILES string of the molecule is CC(=NNC(=O)COc1ccc(Cl)cc1C)c1c(O)cc(C)oc1=O. The number of rotatable bonds is 5. The molecule has 0 atom stereocenters. The molecule has 1 amide bonds. The van der Waals surface area contributed by atoms with E-state index in [1.165, 1.54) is 19.9 Å². The Balaban J connectivity index is 2.01. The first kappa shape index (κ1) is 18.5. The molecule has 0 fully saturated rings. The number of halogens is 1. The first-order valence-electron chi connectivity index (χ1n) is 7.34. The molecule has 2 rings (SSSR count). The molecule has 25 heavy (non-hydrogen) atoms. The number of hydrogen-bond acceptors (Lipinski definition) is 6. The molecule has 0 unspecified atom stereocenters. The van der Waals surface area contributed by atoms with Gasteiger partial charge >= 0.3 is 5.63 Å². The highest BCUT2D eigenvalue weighted by atomic mass is 35.5. The van der Waals surface area contributed by atoms with E-state index >= 15 is 0 Å². The quantitative estimate of drug-likeness (QED) is 0.627. The second-order valence-electron chi connectivity index (χ2n) is 5.34. The molecule has 0 saturated heterocycles. The molecule has 7 nitrogen and oxygen atoms in total. The highest BCUT2D eigenvalue weighted by Gasteiger charge is 2.13. The predicted octanol–water partition coefficient (Wildman–Crippen LogP) is 2.53. The molecule has 0 aliphatic carbocycles. The third-order valence-electron chi connectivity index (χ3n) is 3.26. The van der Waals surface area contributed by atoms with Gasteiger partial charge in [0.1, 0.15) is 22.8 Å². The van der Waals surface area contributed by atoms with Crippen LogP contribution in [0.5, 0.6) is 11.5 Å². The summed E-state index contributed by atoms with van der Waals surface area (Å²) in [6, 6.07) is 6.33. The van der Waals surface area contributed by atoms with Crippen molar-refractivity contribution in [1.82, 2.24) is 5.43 Å². The van der Waals surface area contributed by atoms with Crippen LogP contribution in [0.25, 0.3) is 0 Å². The van der Waals surface area contributed by atoms with Gasteiger partial charge in [-0.1, -0.05) is 11.6 Å². The van der Waals surface area contributed by atoms with Gasteiger partial charge in [0.05, 0.1) is 5.71 Å². The number of amides is 1. The van der Waals surface area contributed by atoms with E-state index in [1.807, 2.05) is 0 Å². The number of hydrazone groups is 1. The topological polar surface area (TPSA) is 101 Å². The Kier molecular flexibility index (Phi) is 5.82. The molecule has 1 heterocycles. The lowest BCUT2D eigenvalue weighted by molar-refractivity contribution is -0.123. The number of carbonyl (C=O) groups is 1. The lowest BCUT2D eigenvalue weighted by Gasteiger charge is -2.08. The first-order chi connectivity index (χ1) is 11.8. The van der Waals surface area contributed by atoms with Gasteiger partial charge in [-0.15, -0.1) is 0 Å². The van der Waals surface area contributed by atoms with Gasteiger partial charge in [-0.25, -0.2) is 10.2 Å². The second kappa shape index (κ2) is 7.85. The highest BCUT2D eigenvalue weighted by Crippen LogP contribution is 2.21. The molecule has 8 heteroatoms.